The summed E-state index contributed by atoms with van der Waals surface area (Å²) in [4.78, 5) is 22.5. The largest absolute Gasteiger partial charge is 0.420 e. The fourth-order valence-electron chi connectivity index (χ4n) is 2.70. The lowest BCUT2D eigenvalue weighted by molar-refractivity contribution is -0.130. The SMILES string of the molecule is C=CC(=O)Oc1ccc(-c2cccc(-c3ccc(OC(=O)C=C)c(F)c3)c2)cc1F. The van der Waals surface area contributed by atoms with Crippen molar-refractivity contribution in [2.75, 3.05) is 0 Å². The van der Waals surface area contributed by atoms with Gasteiger partial charge in [-0.05, 0) is 52.6 Å². The number of hydrogen-bond donors (Lipinski definition) is 0. The number of rotatable bonds is 6. The molecule has 0 unspecified atom stereocenters. The second-order valence-electron chi connectivity index (χ2n) is 6.12. The van der Waals surface area contributed by atoms with E-state index >= 15 is 0 Å². The lowest BCUT2D eigenvalue weighted by atomic mass is 9.99. The molecule has 30 heavy (non-hydrogen) atoms. The van der Waals surface area contributed by atoms with E-state index in [0.29, 0.717) is 22.3 Å². The summed E-state index contributed by atoms with van der Waals surface area (Å²) in [5.74, 6) is -3.32. The van der Waals surface area contributed by atoms with Crippen LogP contribution in [0.25, 0.3) is 22.3 Å². The smallest absolute Gasteiger partial charge is 0.335 e. The highest BCUT2D eigenvalue weighted by molar-refractivity contribution is 5.84. The lowest BCUT2D eigenvalue weighted by Gasteiger charge is -2.09. The van der Waals surface area contributed by atoms with Crippen molar-refractivity contribution in [3.63, 3.8) is 0 Å². The van der Waals surface area contributed by atoms with Crippen molar-refractivity contribution in [3.05, 3.63) is 97.6 Å². The Morgan fingerprint density at radius 2 is 1.07 bits per heavy atom. The molecule has 3 rings (SSSR count). The fraction of sp³-hybridized carbons (Fsp3) is 0. The number of esters is 2. The van der Waals surface area contributed by atoms with Crippen LogP contribution in [0.5, 0.6) is 11.5 Å². The molecule has 0 saturated carbocycles. The fourth-order valence-corrected chi connectivity index (χ4v) is 2.70. The van der Waals surface area contributed by atoms with E-state index in [-0.39, 0.29) is 11.5 Å². The topological polar surface area (TPSA) is 52.6 Å². The van der Waals surface area contributed by atoms with E-state index in [0.717, 1.165) is 12.2 Å². The Morgan fingerprint density at radius 1 is 0.667 bits per heavy atom. The normalized spacial score (nSPS) is 10.2. The molecule has 0 N–H and O–H groups in total. The molecule has 0 aromatic heterocycles. The maximum atomic E-state index is 14.3. The number of ether oxygens (including phenoxy) is 2. The summed E-state index contributed by atoms with van der Waals surface area (Å²) >= 11 is 0. The molecular formula is C24H16F2O4. The molecule has 150 valence electrons. The molecule has 0 bridgehead atoms. The van der Waals surface area contributed by atoms with Gasteiger partial charge < -0.3 is 9.47 Å². The second kappa shape index (κ2) is 8.96. The van der Waals surface area contributed by atoms with Gasteiger partial charge in [-0.2, -0.15) is 0 Å². The Hall–Kier alpha value is -4.06. The van der Waals surface area contributed by atoms with E-state index in [2.05, 4.69) is 13.2 Å². The molecule has 0 atom stereocenters. The quantitative estimate of drug-likeness (QED) is 0.309. The molecule has 0 heterocycles. The van der Waals surface area contributed by atoms with Crippen LogP contribution in [0.3, 0.4) is 0 Å². The average molecular weight is 406 g/mol. The number of carbonyl (C=O) groups is 2. The van der Waals surface area contributed by atoms with E-state index in [9.17, 15) is 18.4 Å². The zero-order valence-corrected chi connectivity index (χ0v) is 15.7. The molecule has 3 aromatic carbocycles. The van der Waals surface area contributed by atoms with Crippen LogP contribution in [0, 0.1) is 11.6 Å². The molecule has 0 saturated heterocycles. The number of carbonyl (C=O) groups excluding carboxylic acids is 2. The first-order valence-corrected chi connectivity index (χ1v) is 8.79. The molecule has 0 aliphatic carbocycles. The van der Waals surface area contributed by atoms with Crippen LogP contribution in [-0.4, -0.2) is 11.9 Å². The minimum Gasteiger partial charge on any atom is -0.420 e. The van der Waals surface area contributed by atoms with Crippen molar-refractivity contribution < 1.29 is 27.8 Å². The van der Waals surface area contributed by atoms with Gasteiger partial charge in [-0.1, -0.05) is 43.5 Å². The Morgan fingerprint density at radius 3 is 1.43 bits per heavy atom. The summed E-state index contributed by atoms with van der Waals surface area (Å²) in [5.41, 5.74) is 2.45. The van der Waals surface area contributed by atoms with Gasteiger partial charge in [0.2, 0.25) is 0 Å². The summed E-state index contributed by atoms with van der Waals surface area (Å²) in [5, 5.41) is 0. The molecule has 6 heteroatoms. The average Bonchev–Trinajstić information content (AvgIpc) is 2.76. The molecule has 0 radical (unpaired) electrons. The van der Waals surface area contributed by atoms with Crippen LogP contribution in [0.15, 0.2) is 86.0 Å². The van der Waals surface area contributed by atoms with Gasteiger partial charge in [-0.25, -0.2) is 18.4 Å². The standard InChI is InChI=1S/C24H16F2O4/c1-3-23(27)29-21-10-8-17(13-19(21)25)15-6-5-7-16(12-15)18-9-11-22(20(26)14-18)30-24(28)4-2/h3-14H,1-2H2. The molecule has 0 aliphatic heterocycles. The highest BCUT2D eigenvalue weighted by Crippen LogP contribution is 2.31. The van der Waals surface area contributed by atoms with E-state index in [1.54, 1.807) is 36.4 Å². The van der Waals surface area contributed by atoms with Gasteiger partial charge in [-0.15, -0.1) is 0 Å². The van der Waals surface area contributed by atoms with E-state index < -0.39 is 23.6 Å². The first-order valence-electron chi connectivity index (χ1n) is 8.79. The highest BCUT2D eigenvalue weighted by atomic mass is 19.1. The third-order valence-corrected chi connectivity index (χ3v) is 4.15. The molecule has 0 aliphatic rings. The highest BCUT2D eigenvalue weighted by Gasteiger charge is 2.12. The van der Waals surface area contributed by atoms with Gasteiger partial charge >= 0.3 is 11.9 Å². The zero-order valence-electron chi connectivity index (χ0n) is 15.7. The minimum absolute atomic E-state index is 0.202. The first-order chi connectivity index (χ1) is 14.4. The van der Waals surface area contributed by atoms with E-state index in [4.69, 9.17) is 9.47 Å². The third kappa shape index (κ3) is 4.67. The van der Waals surface area contributed by atoms with E-state index in [1.165, 1.54) is 24.3 Å². The summed E-state index contributed by atoms with van der Waals surface area (Å²) < 4.78 is 38.2. The summed E-state index contributed by atoms with van der Waals surface area (Å²) in [6, 6.07) is 15.4. The predicted octanol–water partition coefficient (Wildman–Crippen LogP) is 5.48. The number of benzene rings is 3. The molecule has 0 fully saturated rings. The van der Waals surface area contributed by atoms with Gasteiger partial charge in [0.25, 0.3) is 0 Å². The molecule has 4 nitrogen and oxygen atoms in total. The van der Waals surface area contributed by atoms with Crippen molar-refractivity contribution in [2.45, 2.75) is 0 Å². The summed E-state index contributed by atoms with van der Waals surface area (Å²) in [6.45, 7) is 6.53. The van der Waals surface area contributed by atoms with Crippen LogP contribution in [0.1, 0.15) is 0 Å². The zero-order chi connectivity index (χ0) is 21.7. The summed E-state index contributed by atoms with van der Waals surface area (Å²) in [7, 11) is 0. The van der Waals surface area contributed by atoms with Crippen LogP contribution < -0.4 is 9.47 Å². The van der Waals surface area contributed by atoms with Crippen molar-refractivity contribution in [3.8, 4) is 33.8 Å². The Balaban J connectivity index is 1.89. The van der Waals surface area contributed by atoms with Crippen LogP contribution in [-0.2, 0) is 9.59 Å². The lowest BCUT2D eigenvalue weighted by Crippen LogP contribution is -2.04. The number of halogens is 2. The Kier molecular flexibility index (Phi) is 6.17. The van der Waals surface area contributed by atoms with Gasteiger partial charge in [0.15, 0.2) is 23.1 Å². The van der Waals surface area contributed by atoms with E-state index in [1.807, 2.05) is 0 Å². The van der Waals surface area contributed by atoms with Gasteiger partial charge in [-0.3, -0.25) is 0 Å². The van der Waals surface area contributed by atoms with Crippen LogP contribution >= 0.6 is 0 Å². The minimum atomic E-state index is -0.757. The van der Waals surface area contributed by atoms with Gasteiger partial charge in [0.05, 0.1) is 0 Å². The van der Waals surface area contributed by atoms with Crippen molar-refractivity contribution >= 4 is 11.9 Å². The molecular weight excluding hydrogens is 390 g/mol. The second-order valence-corrected chi connectivity index (χ2v) is 6.12. The van der Waals surface area contributed by atoms with Crippen molar-refractivity contribution in [2.24, 2.45) is 0 Å². The molecule has 0 amide bonds. The van der Waals surface area contributed by atoms with Crippen molar-refractivity contribution in [1.29, 1.82) is 0 Å². The monoisotopic (exact) mass is 406 g/mol. The number of hydrogen-bond acceptors (Lipinski definition) is 4. The van der Waals surface area contributed by atoms with Gasteiger partial charge in [0, 0.05) is 12.2 Å². The maximum absolute atomic E-state index is 14.3. The predicted molar refractivity (Wildman–Crippen MR) is 109 cm³/mol. The third-order valence-electron chi connectivity index (χ3n) is 4.15. The first kappa shape index (κ1) is 20.7. The summed E-state index contributed by atoms with van der Waals surface area (Å²) in [6.07, 6.45) is 1.89. The van der Waals surface area contributed by atoms with Crippen LogP contribution in [0.2, 0.25) is 0 Å². The Labute approximate surface area is 171 Å². The molecule has 3 aromatic rings. The Bertz CT molecular complexity index is 1060. The molecule has 0 spiro atoms. The van der Waals surface area contributed by atoms with Crippen LogP contribution in [0.4, 0.5) is 8.78 Å². The van der Waals surface area contributed by atoms with Gasteiger partial charge in [0.1, 0.15) is 0 Å². The van der Waals surface area contributed by atoms with Crippen molar-refractivity contribution in [1.82, 2.24) is 0 Å². The maximum Gasteiger partial charge on any atom is 0.335 e.